The second-order valence-electron chi connectivity index (χ2n) is 6.68. The molecule has 0 amide bonds. The van der Waals surface area contributed by atoms with Gasteiger partial charge in [-0.1, -0.05) is 66.4 Å². The molecular weight excluding hydrogens is 361 g/mol. The van der Waals surface area contributed by atoms with Crippen molar-refractivity contribution in [2.75, 3.05) is 0 Å². The highest BCUT2D eigenvalue weighted by molar-refractivity contribution is 5.99. The highest BCUT2D eigenvalue weighted by Gasteiger charge is 2.31. The number of rotatable bonds is 5. The summed E-state index contributed by atoms with van der Waals surface area (Å²) in [4.78, 5) is 12.5. The standard InChI is InChI=1S/C24H19F3O/c25-24(26,27)17-19(11-10-18-6-2-1-3-7-18)12-15-23(28)22-14-13-20-8-4-5-9-21(20)16-22/h1-9,13-14,16,19H,12,15,17H2. The fraction of sp³-hybridized carbons (Fsp3) is 0.208. The molecule has 3 rings (SSSR count). The van der Waals surface area contributed by atoms with Crippen LogP contribution in [0.1, 0.15) is 35.2 Å². The van der Waals surface area contributed by atoms with Crippen LogP contribution < -0.4 is 0 Å². The minimum atomic E-state index is -4.32. The van der Waals surface area contributed by atoms with Crippen LogP contribution in [0.2, 0.25) is 0 Å². The average molecular weight is 380 g/mol. The molecular formula is C24H19F3O. The molecule has 0 aliphatic rings. The first-order chi connectivity index (χ1) is 13.4. The monoisotopic (exact) mass is 380 g/mol. The zero-order valence-corrected chi connectivity index (χ0v) is 15.2. The van der Waals surface area contributed by atoms with Gasteiger partial charge in [0.05, 0.1) is 6.42 Å². The molecule has 0 aromatic heterocycles. The van der Waals surface area contributed by atoms with Gasteiger partial charge in [-0.3, -0.25) is 4.79 Å². The van der Waals surface area contributed by atoms with Crippen molar-refractivity contribution in [3.05, 3.63) is 83.9 Å². The van der Waals surface area contributed by atoms with Crippen molar-refractivity contribution in [1.29, 1.82) is 0 Å². The summed E-state index contributed by atoms with van der Waals surface area (Å²) >= 11 is 0. The number of carbonyl (C=O) groups is 1. The largest absolute Gasteiger partial charge is 0.390 e. The van der Waals surface area contributed by atoms with Crippen LogP contribution in [0, 0.1) is 17.8 Å². The Kier molecular flexibility index (Phi) is 6.16. The second-order valence-corrected chi connectivity index (χ2v) is 6.68. The van der Waals surface area contributed by atoms with Crippen molar-refractivity contribution in [1.82, 2.24) is 0 Å². The quantitative estimate of drug-likeness (QED) is 0.369. The van der Waals surface area contributed by atoms with E-state index in [1.807, 2.05) is 36.4 Å². The van der Waals surface area contributed by atoms with E-state index in [1.165, 1.54) is 0 Å². The molecule has 0 aliphatic carbocycles. The van der Waals surface area contributed by atoms with E-state index in [4.69, 9.17) is 0 Å². The number of benzene rings is 3. The summed E-state index contributed by atoms with van der Waals surface area (Å²) in [5.74, 6) is 4.42. The molecule has 0 spiro atoms. The molecule has 4 heteroatoms. The van der Waals surface area contributed by atoms with Gasteiger partial charge in [0.15, 0.2) is 5.78 Å². The van der Waals surface area contributed by atoms with Gasteiger partial charge < -0.3 is 0 Å². The average Bonchev–Trinajstić information content (AvgIpc) is 2.69. The zero-order valence-electron chi connectivity index (χ0n) is 15.2. The van der Waals surface area contributed by atoms with Crippen molar-refractivity contribution < 1.29 is 18.0 Å². The smallest absolute Gasteiger partial charge is 0.294 e. The van der Waals surface area contributed by atoms with Crippen LogP contribution in [0.25, 0.3) is 10.8 Å². The minimum Gasteiger partial charge on any atom is -0.294 e. The molecule has 0 fully saturated rings. The SMILES string of the molecule is O=C(CCC(C#Cc1ccccc1)CC(F)(F)F)c1ccc2ccccc2c1. The second kappa shape index (κ2) is 8.75. The Bertz CT molecular complexity index is 1010. The van der Waals surface area contributed by atoms with Crippen LogP contribution in [-0.2, 0) is 0 Å². The molecule has 0 aliphatic heterocycles. The van der Waals surface area contributed by atoms with Crippen molar-refractivity contribution in [3.63, 3.8) is 0 Å². The number of Topliss-reactive ketones (excluding diaryl/α,β-unsaturated/α-hetero) is 1. The lowest BCUT2D eigenvalue weighted by Gasteiger charge is -2.13. The van der Waals surface area contributed by atoms with Gasteiger partial charge >= 0.3 is 6.18 Å². The van der Waals surface area contributed by atoms with Gasteiger partial charge in [-0.15, -0.1) is 0 Å². The molecule has 3 aromatic carbocycles. The molecule has 0 bridgehead atoms. The third-order valence-corrected chi connectivity index (χ3v) is 4.46. The Morgan fingerprint density at radius 2 is 1.57 bits per heavy atom. The van der Waals surface area contributed by atoms with E-state index in [9.17, 15) is 18.0 Å². The summed E-state index contributed by atoms with van der Waals surface area (Å²) in [5, 5.41) is 1.95. The fourth-order valence-electron chi connectivity index (χ4n) is 3.02. The number of hydrogen-bond donors (Lipinski definition) is 0. The van der Waals surface area contributed by atoms with Crippen molar-refractivity contribution in [2.24, 2.45) is 5.92 Å². The molecule has 0 saturated carbocycles. The summed E-state index contributed by atoms with van der Waals surface area (Å²) in [6.07, 6.45) is -5.23. The number of hydrogen-bond acceptors (Lipinski definition) is 1. The van der Waals surface area contributed by atoms with E-state index < -0.39 is 18.5 Å². The summed E-state index contributed by atoms with van der Waals surface area (Å²) in [6, 6.07) is 21.9. The molecule has 28 heavy (non-hydrogen) atoms. The van der Waals surface area contributed by atoms with Crippen LogP contribution in [0.4, 0.5) is 13.2 Å². The van der Waals surface area contributed by atoms with Gasteiger partial charge in [0.25, 0.3) is 0 Å². The molecule has 0 heterocycles. The van der Waals surface area contributed by atoms with Gasteiger partial charge in [-0.25, -0.2) is 0 Å². The number of alkyl halides is 3. The van der Waals surface area contributed by atoms with Crippen molar-refractivity contribution in [2.45, 2.75) is 25.4 Å². The summed E-state index contributed by atoms with van der Waals surface area (Å²) in [7, 11) is 0. The summed E-state index contributed by atoms with van der Waals surface area (Å²) < 4.78 is 38.7. The van der Waals surface area contributed by atoms with Gasteiger partial charge in [-0.05, 0) is 35.4 Å². The van der Waals surface area contributed by atoms with Crippen LogP contribution in [0.3, 0.4) is 0 Å². The van der Waals surface area contributed by atoms with Crippen LogP contribution >= 0.6 is 0 Å². The van der Waals surface area contributed by atoms with Crippen LogP contribution in [-0.4, -0.2) is 12.0 Å². The van der Waals surface area contributed by atoms with Crippen LogP contribution in [0.15, 0.2) is 72.8 Å². The predicted octanol–water partition coefficient (Wildman–Crippen LogP) is 6.42. The van der Waals surface area contributed by atoms with E-state index in [2.05, 4.69) is 11.8 Å². The Hall–Kier alpha value is -3.06. The number of carbonyl (C=O) groups excluding carboxylic acids is 1. The maximum atomic E-state index is 12.9. The molecule has 0 radical (unpaired) electrons. The zero-order chi connectivity index (χ0) is 20.0. The van der Waals surface area contributed by atoms with Gasteiger partial charge in [0, 0.05) is 23.5 Å². The lowest BCUT2D eigenvalue weighted by Crippen LogP contribution is -2.15. The first-order valence-electron chi connectivity index (χ1n) is 9.06. The summed E-state index contributed by atoms with van der Waals surface area (Å²) in [6.45, 7) is 0. The maximum absolute atomic E-state index is 12.9. The van der Waals surface area contributed by atoms with Gasteiger partial charge in [-0.2, -0.15) is 13.2 Å². The van der Waals surface area contributed by atoms with Crippen molar-refractivity contribution >= 4 is 16.6 Å². The highest BCUT2D eigenvalue weighted by atomic mass is 19.4. The Morgan fingerprint density at radius 1 is 0.893 bits per heavy atom. The van der Waals surface area contributed by atoms with E-state index in [1.54, 1.807) is 36.4 Å². The maximum Gasteiger partial charge on any atom is 0.390 e. The summed E-state index contributed by atoms with van der Waals surface area (Å²) in [5.41, 5.74) is 1.18. The van der Waals surface area contributed by atoms with E-state index in [-0.39, 0.29) is 18.6 Å². The topological polar surface area (TPSA) is 17.1 Å². The first kappa shape index (κ1) is 19.7. The third kappa shape index (κ3) is 5.72. The lowest BCUT2D eigenvalue weighted by atomic mass is 9.95. The highest BCUT2D eigenvalue weighted by Crippen LogP contribution is 2.28. The first-order valence-corrected chi connectivity index (χ1v) is 9.06. The molecule has 0 N–H and O–H groups in total. The Morgan fingerprint density at radius 3 is 2.29 bits per heavy atom. The van der Waals surface area contributed by atoms with Crippen molar-refractivity contribution in [3.8, 4) is 11.8 Å². The Balaban J connectivity index is 1.71. The van der Waals surface area contributed by atoms with E-state index in [0.29, 0.717) is 11.1 Å². The van der Waals surface area contributed by atoms with E-state index in [0.717, 1.165) is 10.8 Å². The number of fused-ring (bicyclic) bond motifs is 1. The number of ketones is 1. The predicted molar refractivity (Wildman–Crippen MR) is 105 cm³/mol. The molecule has 142 valence electrons. The fourth-order valence-corrected chi connectivity index (χ4v) is 3.02. The Labute approximate surface area is 162 Å². The van der Waals surface area contributed by atoms with Gasteiger partial charge in [0.2, 0.25) is 0 Å². The molecule has 0 saturated heterocycles. The molecule has 1 unspecified atom stereocenters. The van der Waals surface area contributed by atoms with Crippen LogP contribution in [0.5, 0.6) is 0 Å². The normalized spacial score (nSPS) is 12.2. The lowest BCUT2D eigenvalue weighted by molar-refractivity contribution is -0.140. The molecule has 3 aromatic rings. The van der Waals surface area contributed by atoms with E-state index >= 15 is 0 Å². The minimum absolute atomic E-state index is 0.0303. The third-order valence-electron chi connectivity index (χ3n) is 4.46. The number of halogens is 3. The van der Waals surface area contributed by atoms with Gasteiger partial charge in [0.1, 0.15) is 0 Å². The molecule has 1 atom stereocenters. The molecule has 1 nitrogen and oxygen atoms in total.